The SMILES string of the molecule is N#Cc1cc(C(F)(F)F)n(-c2ccc(Cl)cc2)c1.O=C1C=CC(=O)c2ccccc21. The van der Waals surface area contributed by atoms with E-state index in [4.69, 9.17) is 16.9 Å². The van der Waals surface area contributed by atoms with Crippen molar-refractivity contribution >= 4 is 23.2 Å². The van der Waals surface area contributed by atoms with Crippen molar-refractivity contribution in [2.24, 2.45) is 0 Å². The van der Waals surface area contributed by atoms with E-state index in [0.717, 1.165) is 16.8 Å². The molecule has 0 bridgehead atoms. The number of benzene rings is 2. The molecule has 0 amide bonds. The number of rotatable bonds is 1. The van der Waals surface area contributed by atoms with Crippen molar-refractivity contribution in [2.75, 3.05) is 0 Å². The molecule has 0 fully saturated rings. The molecule has 1 aliphatic rings. The first-order valence-corrected chi connectivity index (χ1v) is 8.90. The second-order valence-corrected chi connectivity index (χ2v) is 6.61. The molecule has 1 heterocycles. The molecule has 0 saturated carbocycles. The van der Waals surface area contributed by atoms with Crippen LogP contribution in [0.3, 0.4) is 0 Å². The summed E-state index contributed by atoms with van der Waals surface area (Å²) in [6.45, 7) is 0. The minimum Gasteiger partial charge on any atom is -0.311 e. The van der Waals surface area contributed by atoms with E-state index in [2.05, 4.69) is 0 Å². The topological polar surface area (TPSA) is 62.9 Å². The number of carbonyl (C=O) groups is 2. The van der Waals surface area contributed by atoms with Crippen molar-refractivity contribution in [1.29, 1.82) is 5.26 Å². The molecule has 0 unspecified atom stereocenters. The number of fused-ring (bicyclic) bond motifs is 1. The van der Waals surface area contributed by atoms with Crippen LogP contribution < -0.4 is 0 Å². The first kappa shape index (κ1) is 21.1. The molecule has 8 heteroatoms. The second-order valence-electron chi connectivity index (χ2n) is 6.18. The van der Waals surface area contributed by atoms with E-state index in [1.165, 1.54) is 36.4 Å². The first-order chi connectivity index (χ1) is 14.2. The van der Waals surface area contributed by atoms with Gasteiger partial charge in [0.15, 0.2) is 11.6 Å². The molecular weight excluding hydrogens is 417 g/mol. The highest BCUT2D eigenvalue weighted by Crippen LogP contribution is 2.32. The van der Waals surface area contributed by atoms with E-state index < -0.39 is 11.9 Å². The summed E-state index contributed by atoms with van der Waals surface area (Å²) in [5.74, 6) is -0.185. The van der Waals surface area contributed by atoms with Crippen LogP contribution in [0.25, 0.3) is 5.69 Å². The van der Waals surface area contributed by atoms with E-state index in [9.17, 15) is 22.8 Å². The number of carbonyl (C=O) groups excluding carboxylic acids is 2. The van der Waals surface area contributed by atoms with Crippen LogP contribution in [-0.2, 0) is 6.18 Å². The molecule has 0 saturated heterocycles. The summed E-state index contributed by atoms with van der Waals surface area (Å²) in [5, 5.41) is 9.11. The van der Waals surface area contributed by atoms with E-state index >= 15 is 0 Å². The van der Waals surface area contributed by atoms with Gasteiger partial charge < -0.3 is 4.57 Å². The Hall–Kier alpha value is -3.63. The molecule has 2 aromatic carbocycles. The van der Waals surface area contributed by atoms with E-state index in [0.29, 0.717) is 21.8 Å². The lowest BCUT2D eigenvalue weighted by Crippen LogP contribution is -2.11. The van der Waals surface area contributed by atoms with Crippen LogP contribution in [0.4, 0.5) is 13.2 Å². The number of nitrogens with zero attached hydrogens (tertiary/aromatic N) is 2. The molecule has 30 heavy (non-hydrogen) atoms. The molecule has 0 spiro atoms. The van der Waals surface area contributed by atoms with Gasteiger partial charge in [0.2, 0.25) is 0 Å². The molecule has 0 radical (unpaired) electrons. The van der Waals surface area contributed by atoms with Crippen molar-refractivity contribution in [2.45, 2.75) is 6.18 Å². The lowest BCUT2D eigenvalue weighted by molar-refractivity contribution is -0.142. The van der Waals surface area contributed by atoms with Crippen LogP contribution in [0.15, 0.2) is 72.9 Å². The predicted molar refractivity (Wildman–Crippen MR) is 105 cm³/mol. The standard InChI is InChI=1S/C12H6ClF3N2.C10H6O2/c13-9-1-3-10(4-2-9)18-7-8(6-17)5-11(18)12(14,15)16;11-9-5-6-10(12)8-4-2-1-3-7(8)9/h1-5,7H;1-6H. The lowest BCUT2D eigenvalue weighted by Gasteiger charge is -2.11. The minimum atomic E-state index is -4.52. The second kappa shape index (κ2) is 8.39. The number of aromatic nitrogens is 1. The van der Waals surface area contributed by atoms with Gasteiger partial charge in [0.05, 0.1) is 5.56 Å². The molecular formula is C22H12ClF3N2O2. The fourth-order valence-corrected chi connectivity index (χ4v) is 2.93. The summed E-state index contributed by atoms with van der Waals surface area (Å²) in [7, 11) is 0. The number of ketones is 2. The van der Waals surface area contributed by atoms with E-state index in [-0.39, 0.29) is 17.1 Å². The van der Waals surface area contributed by atoms with Gasteiger partial charge in [0.1, 0.15) is 11.8 Å². The van der Waals surface area contributed by atoms with Crippen molar-refractivity contribution in [3.63, 3.8) is 0 Å². The molecule has 4 nitrogen and oxygen atoms in total. The summed E-state index contributed by atoms with van der Waals surface area (Å²) in [4.78, 5) is 22.4. The average Bonchev–Trinajstić information content (AvgIpc) is 3.17. The Balaban J connectivity index is 0.000000184. The number of nitriles is 1. The van der Waals surface area contributed by atoms with Crippen LogP contribution in [0.2, 0.25) is 5.02 Å². The van der Waals surface area contributed by atoms with E-state index in [1.807, 2.05) is 0 Å². The van der Waals surface area contributed by atoms with Crippen LogP contribution in [0.1, 0.15) is 32.0 Å². The van der Waals surface area contributed by atoms with Gasteiger partial charge in [-0.15, -0.1) is 0 Å². The zero-order valence-corrected chi connectivity index (χ0v) is 15.9. The number of hydrogen-bond acceptors (Lipinski definition) is 3. The zero-order chi connectivity index (χ0) is 21.9. The van der Waals surface area contributed by atoms with Crippen molar-refractivity contribution in [3.05, 3.63) is 100 Å². The smallest absolute Gasteiger partial charge is 0.311 e. The zero-order valence-electron chi connectivity index (χ0n) is 15.2. The molecule has 0 atom stereocenters. The molecule has 0 N–H and O–H groups in total. The predicted octanol–water partition coefficient (Wildman–Crippen LogP) is 5.64. The number of hydrogen-bond donors (Lipinski definition) is 0. The lowest BCUT2D eigenvalue weighted by atomic mass is 9.95. The molecule has 150 valence electrons. The van der Waals surface area contributed by atoms with Gasteiger partial charge in [-0.1, -0.05) is 35.9 Å². The monoisotopic (exact) mass is 428 g/mol. The first-order valence-electron chi connectivity index (χ1n) is 8.52. The maximum absolute atomic E-state index is 12.8. The summed E-state index contributed by atoms with van der Waals surface area (Å²) in [6, 6.07) is 15.2. The Kier molecular flexibility index (Phi) is 5.90. The van der Waals surface area contributed by atoms with Crippen LogP contribution in [-0.4, -0.2) is 16.1 Å². The van der Waals surface area contributed by atoms with Crippen LogP contribution in [0.5, 0.6) is 0 Å². The third-order valence-electron chi connectivity index (χ3n) is 4.19. The van der Waals surface area contributed by atoms with Crippen molar-refractivity contribution < 1.29 is 22.8 Å². The Morgan fingerprint density at radius 1 is 0.900 bits per heavy atom. The molecule has 0 aliphatic heterocycles. The van der Waals surface area contributed by atoms with E-state index in [1.54, 1.807) is 30.3 Å². The third kappa shape index (κ3) is 4.50. The van der Waals surface area contributed by atoms with Crippen LogP contribution in [0, 0.1) is 11.3 Å². The van der Waals surface area contributed by atoms with Gasteiger partial charge in [0.25, 0.3) is 0 Å². The Labute approximate surface area is 174 Å². The summed E-state index contributed by atoms with van der Waals surface area (Å²) in [5.41, 5.74) is 0.377. The van der Waals surface area contributed by atoms with Gasteiger partial charge in [0, 0.05) is 28.0 Å². The quantitative estimate of drug-likeness (QED) is 0.503. The number of halogens is 4. The number of alkyl halides is 3. The van der Waals surface area contributed by atoms with Crippen molar-refractivity contribution in [1.82, 2.24) is 4.57 Å². The van der Waals surface area contributed by atoms with Gasteiger partial charge >= 0.3 is 6.18 Å². The minimum absolute atomic E-state index is 0.0442. The molecule has 3 aromatic rings. The highest BCUT2D eigenvalue weighted by molar-refractivity contribution is 6.30. The number of allylic oxidation sites excluding steroid dienone is 2. The Bertz CT molecular complexity index is 1150. The highest BCUT2D eigenvalue weighted by atomic mass is 35.5. The van der Waals surface area contributed by atoms with Gasteiger partial charge in [-0.05, 0) is 42.5 Å². The molecule has 1 aromatic heterocycles. The largest absolute Gasteiger partial charge is 0.431 e. The van der Waals surface area contributed by atoms with Crippen molar-refractivity contribution in [3.8, 4) is 11.8 Å². The normalized spacial score (nSPS) is 12.6. The maximum atomic E-state index is 12.8. The Morgan fingerprint density at radius 3 is 1.90 bits per heavy atom. The van der Waals surface area contributed by atoms with Crippen LogP contribution >= 0.6 is 11.6 Å². The average molecular weight is 429 g/mol. The van der Waals surface area contributed by atoms with Gasteiger partial charge in [-0.3, -0.25) is 9.59 Å². The van der Waals surface area contributed by atoms with Gasteiger partial charge in [-0.2, -0.15) is 18.4 Å². The summed E-state index contributed by atoms with van der Waals surface area (Å²) in [6.07, 6.45) is -0.754. The summed E-state index contributed by atoms with van der Waals surface area (Å²) >= 11 is 5.68. The van der Waals surface area contributed by atoms with Gasteiger partial charge in [-0.25, -0.2) is 0 Å². The maximum Gasteiger partial charge on any atom is 0.431 e. The fraction of sp³-hybridized carbons (Fsp3) is 0.0455. The third-order valence-corrected chi connectivity index (χ3v) is 4.44. The highest BCUT2D eigenvalue weighted by Gasteiger charge is 2.35. The molecule has 4 rings (SSSR count). The fourth-order valence-electron chi connectivity index (χ4n) is 2.80. The summed E-state index contributed by atoms with van der Waals surface area (Å²) < 4.78 is 39.3. The Morgan fingerprint density at radius 2 is 1.43 bits per heavy atom. The molecule has 1 aliphatic carbocycles.